The van der Waals surface area contributed by atoms with Crippen molar-refractivity contribution in [3.63, 3.8) is 0 Å². The van der Waals surface area contributed by atoms with E-state index in [0.29, 0.717) is 18.7 Å². The van der Waals surface area contributed by atoms with Crippen LogP contribution in [0.1, 0.15) is 15.9 Å². The monoisotopic (exact) mass is 423 g/mol. The molecular formula is C23H25N3O3S. The van der Waals surface area contributed by atoms with Crippen LogP contribution < -0.4 is 4.72 Å². The molecule has 0 unspecified atom stereocenters. The summed E-state index contributed by atoms with van der Waals surface area (Å²) in [7, 11) is -3.73. The Morgan fingerprint density at radius 2 is 1.80 bits per heavy atom. The molecule has 0 radical (unpaired) electrons. The van der Waals surface area contributed by atoms with Crippen molar-refractivity contribution in [1.29, 1.82) is 0 Å². The van der Waals surface area contributed by atoms with E-state index < -0.39 is 10.0 Å². The molecule has 0 aliphatic carbocycles. The van der Waals surface area contributed by atoms with Crippen LogP contribution in [0.2, 0.25) is 0 Å². The molecule has 1 aliphatic rings. The molecule has 0 saturated carbocycles. The third-order valence-corrected chi connectivity index (χ3v) is 6.29. The zero-order valence-electron chi connectivity index (χ0n) is 16.7. The van der Waals surface area contributed by atoms with E-state index >= 15 is 0 Å². The summed E-state index contributed by atoms with van der Waals surface area (Å²) in [5.41, 5.74) is 1.52. The van der Waals surface area contributed by atoms with Gasteiger partial charge in [-0.3, -0.25) is 9.69 Å². The largest absolute Gasteiger partial charge is 0.336 e. The van der Waals surface area contributed by atoms with Crippen molar-refractivity contribution in [2.24, 2.45) is 0 Å². The average molecular weight is 424 g/mol. The van der Waals surface area contributed by atoms with Crippen molar-refractivity contribution in [2.45, 2.75) is 4.90 Å². The number of amides is 1. The van der Waals surface area contributed by atoms with Crippen molar-refractivity contribution in [3.05, 3.63) is 71.8 Å². The van der Waals surface area contributed by atoms with Crippen molar-refractivity contribution >= 4 is 22.0 Å². The van der Waals surface area contributed by atoms with Gasteiger partial charge in [0.15, 0.2) is 0 Å². The quantitative estimate of drug-likeness (QED) is 0.693. The van der Waals surface area contributed by atoms with Gasteiger partial charge in [-0.2, -0.15) is 4.72 Å². The van der Waals surface area contributed by atoms with Crippen molar-refractivity contribution in [1.82, 2.24) is 14.5 Å². The summed E-state index contributed by atoms with van der Waals surface area (Å²) >= 11 is 0. The molecule has 2 aromatic rings. The normalized spacial score (nSPS) is 15.2. The number of hydrogen-bond acceptors (Lipinski definition) is 4. The van der Waals surface area contributed by atoms with Crippen LogP contribution >= 0.6 is 0 Å². The first-order valence-corrected chi connectivity index (χ1v) is 11.2. The second-order valence-corrected chi connectivity index (χ2v) is 8.73. The van der Waals surface area contributed by atoms with E-state index in [2.05, 4.69) is 39.8 Å². The summed E-state index contributed by atoms with van der Waals surface area (Å²) in [6.07, 6.45) is 9.34. The average Bonchev–Trinajstić information content (AvgIpc) is 2.78. The Morgan fingerprint density at radius 1 is 1.07 bits per heavy atom. The molecule has 156 valence electrons. The summed E-state index contributed by atoms with van der Waals surface area (Å²) < 4.78 is 26.8. The number of carbonyl (C=O) groups excluding carboxylic acids is 1. The number of terminal acetylenes is 1. The van der Waals surface area contributed by atoms with Crippen LogP contribution in [-0.4, -0.2) is 63.4 Å². The van der Waals surface area contributed by atoms with Crippen LogP contribution in [0, 0.1) is 12.3 Å². The highest BCUT2D eigenvalue weighted by molar-refractivity contribution is 7.89. The highest BCUT2D eigenvalue weighted by Crippen LogP contribution is 2.15. The molecule has 1 aliphatic heterocycles. The topological polar surface area (TPSA) is 69.7 Å². The Kier molecular flexibility index (Phi) is 7.41. The molecule has 0 bridgehead atoms. The van der Waals surface area contributed by atoms with Gasteiger partial charge in [0.1, 0.15) is 0 Å². The van der Waals surface area contributed by atoms with Crippen molar-refractivity contribution in [3.8, 4) is 12.3 Å². The first-order chi connectivity index (χ1) is 14.5. The fourth-order valence-electron chi connectivity index (χ4n) is 3.23. The third kappa shape index (κ3) is 5.80. The second-order valence-electron chi connectivity index (χ2n) is 6.96. The van der Waals surface area contributed by atoms with Gasteiger partial charge in [-0.15, -0.1) is 6.42 Å². The van der Waals surface area contributed by atoms with Gasteiger partial charge in [0.25, 0.3) is 5.91 Å². The maximum Gasteiger partial charge on any atom is 0.253 e. The Morgan fingerprint density at radius 3 is 2.50 bits per heavy atom. The summed E-state index contributed by atoms with van der Waals surface area (Å²) in [5, 5.41) is 0. The van der Waals surface area contributed by atoms with Crippen LogP contribution in [0.4, 0.5) is 0 Å². The van der Waals surface area contributed by atoms with Gasteiger partial charge in [-0.05, 0) is 23.8 Å². The number of nitrogens with zero attached hydrogens (tertiary/aromatic N) is 2. The molecule has 7 heteroatoms. The molecule has 0 aromatic heterocycles. The SMILES string of the molecule is C#CCNS(=O)(=O)c1cccc(C(=O)N2CCN(C/C=C/c3ccccc3)CC2)c1. The summed E-state index contributed by atoms with van der Waals surface area (Å²) in [6, 6.07) is 16.2. The lowest BCUT2D eigenvalue weighted by Crippen LogP contribution is -2.48. The minimum Gasteiger partial charge on any atom is -0.336 e. The highest BCUT2D eigenvalue weighted by Gasteiger charge is 2.23. The molecule has 1 N–H and O–H groups in total. The summed E-state index contributed by atoms with van der Waals surface area (Å²) in [4.78, 5) is 16.9. The standard InChI is InChI=1S/C23H25N3O3S/c1-2-13-24-30(28,29)22-12-6-11-21(19-22)23(27)26-17-15-25(16-18-26)14-7-10-20-8-4-3-5-9-20/h1,3-12,19,24H,13-18H2/b10-7+. The zero-order valence-corrected chi connectivity index (χ0v) is 17.5. The Balaban J connectivity index is 1.56. The molecule has 0 atom stereocenters. The number of carbonyl (C=O) groups is 1. The Labute approximate surface area is 178 Å². The van der Waals surface area contributed by atoms with E-state index in [0.717, 1.165) is 25.2 Å². The molecule has 1 saturated heterocycles. The lowest BCUT2D eigenvalue weighted by atomic mass is 10.1. The number of hydrogen-bond donors (Lipinski definition) is 1. The van der Waals surface area contributed by atoms with Gasteiger partial charge in [0.05, 0.1) is 11.4 Å². The number of nitrogens with one attached hydrogen (secondary N) is 1. The molecule has 1 amide bonds. The molecule has 2 aromatic carbocycles. The maximum absolute atomic E-state index is 12.8. The minimum atomic E-state index is -3.73. The van der Waals surface area contributed by atoms with E-state index in [1.54, 1.807) is 17.0 Å². The van der Waals surface area contributed by atoms with E-state index in [9.17, 15) is 13.2 Å². The van der Waals surface area contributed by atoms with E-state index in [1.165, 1.54) is 12.1 Å². The first-order valence-electron chi connectivity index (χ1n) is 9.76. The minimum absolute atomic E-state index is 0.0354. The van der Waals surface area contributed by atoms with Crippen LogP contribution in [0.3, 0.4) is 0 Å². The molecule has 30 heavy (non-hydrogen) atoms. The van der Waals surface area contributed by atoms with Crippen LogP contribution in [-0.2, 0) is 10.0 Å². The van der Waals surface area contributed by atoms with Gasteiger partial charge in [0, 0.05) is 38.3 Å². The molecule has 0 spiro atoms. The molecule has 1 fully saturated rings. The van der Waals surface area contributed by atoms with Crippen LogP contribution in [0.25, 0.3) is 6.08 Å². The first kappa shape index (κ1) is 21.8. The van der Waals surface area contributed by atoms with Crippen LogP contribution in [0.5, 0.6) is 0 Å². The smallest absolute Gasteiger partial charge is 0.253 e. The third-order valence-electron chi connectivity index (χ3n) is 4.89. The van der Waals surface area contributed by atoms with Crippen LogP contribution in [0.15, 0.2) is 65.6 Å². The second kappa shape index (κ2) is 10.2. The molecule has 6 nitrogen and oxygen atoms in total. The van der Waals surface area contributed by atoms with E-state index in [4.69, 9.17) is 6.42 Å². The Bertz CT molecular complexity index is 1030. The predicted molar refractivity (Wildman–Crippen MR) is 118 cm³/mol. The lowest BCUT2D eigenvalue weighted by Gasteiger charge is -2.34. The van der Waals surface area contributed by atoms with E-state index in [1.807, 2.05) is 18.2 Å². The van der Waals surface area contributed by atoms with Gasteiger partial charge in [-0.25, -0.2) is 8.42 Å². The number of piperazine rings is 1. The molecule has 3 rings (SSSR count). The number of rotatable bonds is 7. The Hall–Kier alpha value is -2.92. The maximum atomic E-state index is 12.8. The van der Waals surface area contributed by atoms with Gasteiger partial charge in [-0.1, -0.05) is 54.5 Å². The highest BCUT2D eigenvalue weighted by atomic mass is 32.2. The van der Waals surface area contributed by atoms with Gasteiger partial charge >= 0.3 is 0 Å². The number of benzene rings is 2. The predicted octanol–water partition coefficient (Wildman–Crippen LogP) is 2.07. The fourth-order valence-corrected chi connectivity index (χ4v) is 4.21. The summed E-state index contributed by atoms with van der Waals surface area (Å²) in [5.74, 6) is 2.07. The summed E-state index contributed by atoms with van der Waals surface area (Å²) in [6.45, 7) is 3.47. The lowest BCUT2D eigenvalue weighted by molar-refractivity contribution is 0.0650. The zero-order chi connectivity index (χ0) is 21.4. The van der Waals surface area contributed by atoms with Crippen molar-refractivity contribution < 1.29 is 13.2 Å². The fraction of sp³-hybridized carbons (Fsp3) is 0.261. The molecular weight excluding hydrogens is 398 g/mol. The number of sulfonamides is 1. The van der Waals surface area contributed by atoms with Gasteiger partial charge in [0.2, 0.25) is 10.0 Å². The van der Waals surface area contributed by atoms with E-state index in [-0.39, 0.29) is 17.3 Å². The van der Waals surface area contributed by atoms with Gasteiger partial charge < -0.3 is 4.90 Å². The molecule has 1 heterocycles. The van der Waals surface area contributed by atoms with Crippen molar-refractivity contribution in [2.75, 3.05) is 39.3 Å².